The molecule has 17 heavy (non-hydrogen) atoms. The third-order valence-electron chi connectivity index (χ3n) is 2.32. The number of hydrogen-bond acceptors (Lipinski definition) is 2. The summed E-state index contributed by atoms with van der Waals surface area (Å²) in [4.78, 5) is 13.0. The third kappa shape index (κ3) is 3.48. The maximum atomic E-state index is 11.9. The number of thioether (sulfide) groups is 1. The van der Waals surface area contributed by atoms with Gasteiger partial charge in [-0.1, -0.05) is 22.0 Å². The topological polar surface area (TPSA) is 22.0 Å². The molecule has 0 saturated carbocycles. The second-order valence-corrected chi connectivity index (χ2v) is 5.70. The summed E-state index contributed by atoms with van der Waals surface area (Å²) in [5, 5.41) is 0. The normalized spacial score (nSPS) is 10.5. The highest BCUT2D eigenvalue weighted by molar-refractivity contribution is 9.10. The molecule has 0 amide bonds. The van der Waals surface area contributed by atoms with Crippen LogP contribution in [0.5, 0.6) is 0 Å². The number of carbonyl (C=O) groups excluding carboxylic acids is 1. The Hall–Kier alpha value is -1.00. The molecule has 0 atom stereocenters. The number of Topliss-reactive ketones (excluding diaryl/α,β-unsaturated/α-hetero) is 1. The fourth-order valence-corrected chi connectivity index (χ4v) is 2.86. The Labute approximate surface area is 113 Å². The first-order chi connectivity index (χ1) is 8.15. The van der Waals surface area contributed by atoms with E-state index in [0.717, 1.165) is 14.9 Å². The molecule has 4 heteroatoms. The monoisotopic (exact) mass is 309 g/mol. The van der Waals surface area contributed by atoms with Crippen molar-refractivity contribution in [3.8, 4) is 0 Å². The molecule has 1 aromatic carbocycles. The molecule has 2 rings (SSSR count). The number of rotatable bonds is 4. The molecule has 0 aliphatic carbocycles. The smallest absolute Gasteiger partial charge is 0.174 e. The van der Waals surface area contributed by atoms with E-state index in [9.17, 15) is 4.79 Å². The highest BCUT2D eigenvalue weighted by atomic mass is 79.9. The molecular weight excluding hydrogens is 298 g/mol. The minimum atomic E-state index is 0.163. The average Bonchev–Trinajstić information content (AvgIpc) is 2.73. The second kappa shape index (κ2) is 5.56. The van der Waals surface area contributed by atoms with Crippen LogP contribution in [-0.2, 0) is 7.05 Å². The van der Waals surface area contributed by atoms with Crippen molar-refractivity contribution in [3.05, 3.63) is 52.8 Å². The summed E-state index contributed by atoms with van der Waals surface area (Å²) in [5.74, 6) is 0.635. The average molecular weight is 310 g/mol. The Bertz CT molecular complexity index is 536. The lowest BCUT2D eigenvalue weighted by atomic mass is 10.2. The molecule has 0 bridgehead atoms. The van der Waals surface area contributed by atoms with E-state index in [2.05, 4.69) is 15.9 Å². The van der Waals surface area contributed by atoms with E-state index < -0.39 is 0 Å². The van der Waals surface area contributed by atoms with Gasteiger partial charge in [0.1, 0.15) is 0 Å². The summed E-state index contributed by atoms with van der Waals surface area (Å²) >= 11 is 4.97. The molecule has 0 saturated heterocycles. The molecular formula is C13H12BrNOS. The Morgan fingerprint density at radius 3 is 2.88 bits per heavy atom. The van der Waals surface area contributed by atoms with Crippen LogP contribution in [0.4, 0.5) is 0 Å². The zero-order valence-electron chi connectivity index (χ0n) is 9.39. The summed E-state index contributed by atoms with van der Waals surface area (Å²) in [6.07, 6.45) is 3.74. The first kappa shape index (κ1) is 12.5. The van der Waals surface area contributed by atoms with Gasteiger partial charge in [0.2, 0.25) is 0 Å². The van der Waals surface area contributed by atoms with Crippen molar-refractivity contribution in [3.63, 3.8) is 0 Å². The molecule has 0 fully saturated rings. The quantitative estimate of drug-likeness (QED) is 0.633. The van der Waals surface area contributed by atoms with Crippen LogP contribution in [0.3, 0.4) is 0 Å². The van der Waals surface area contributed by atoms with Crippen LogP contribution < -0.4 is 0 Å². The van der Waals surface area contributed by atoms with E-state index in [0.29, 0.717) is 5.75 Å². The molecule has 0 N–H and O–H groups in total. The number of halogens is 1. The predicted molar refractivity (Wildman–Crippen MR) is 74.6 cm³/mol. The number of benzene rings is 1. The highest BCUT2D eigenvalue weighted by Gasteiger charge is 2.07. The molecule has 1 aromatic heterocycles. The maximum absolute atomic E-state index is 11.9. The zero-order chi connectivity index (χ0) is 12.3. The summed E-state index contributed by atoms with van der Waals surface area (Å²) in [7, 11) is 1.91. The molecule has 2 aromatic rings. The molecule has 88 valence electrons. The van der Waals surface area contributed by atoms with Gasteiger partial charge in [-0.05, 0) is 24.3 Å². The fraction of sp³-hybridized carbons (Fsp3) is 0.154. The van der Waals surface area contributed by atoms with Crippen molar-refractivity contribution in [1.29, 1.82) is 0 Å². The van der Waals surface area contributed by atoms with Gasteiger partial charge < -0.3 is 4.57 Å². The van der Waals surface area contributed by atoms with Gasteiger partial charge in [-0.25, -0.2) is 0 Å². The first-order valence-corrected chi connectivity index (χ1v) is 6.96. The van der Waals surface area contributed by atoms with Gasteiger partial charge in [0.15, 0.2) is 5.78 Å². The number of hydrogen-bond donors (Lipinski definition) is 0. The second-order valence-electron chi connectivity index (χ2n) is 3.73. The summed E-state index contributed by atoms with van der Waals surface area (Å²) < 4.78 is 2.92. The lowest BCUT2D eigenvalue weighted by molar-refractivity contribution is 0.102. The lowest BCUT2D eigenvalue weighted by Crippen LogP contribution is -2.00. The molecule has 2 nitrogen and oxygen atoms in total. The molecule has 0 spiro atoms. The number of nitrogens with zero attached hydrogens (tertiary/aromatic N) is 1. The Kier molecular flexibility index (Phi) is 4.07. The fourth-order valence-electron chi connectivity index (χ4n) is 1.46. The SMILES string of the molecule is Cn1ccc(C(=O)CSc2cccc(Br)c2)c1. The number of carbonyl (C=O) groups is 1. The van der Waals surface area contributed by atoms with Crippen molar-refractivity contribution >= 4 is 33.5 Å². The zero-order valence-corrected chi connectivity index (χ0v) is 11.8. The van der Waals surface area contributed by atoms with Crippen LogP contribution in [0.15, 0.2) is 52.1 Å². The van der Waals surface area contributed by atoms with Crippen molar-refractivity contribution in [1.82, 2.24) is 4.57 Å². The van der Waals surface area contributed by atoms with Crippen LogP contribution in [-0.4, -0.2) is 16.1 Å². The van der Waals surface area contributed by atoms with Gasteiger partial charge in [-0.2, -0.15) is 0 Å². The number of aryl methyl sites for hydroxylation is 1. The van der Waals surface area contributed by atoms with Crippen LogP contribution in [0.2, 0.25) is 0 Å². The van der Waals surface area contributed by atoms with Crippen LogP contribution >= 0.6 is 27.7 Å². The number of aromatic nitrogens is 1. The van der Waals surface area contributed by atoms with E-state index in [1.165, 1.54) is 0 Å². The lowest BCUT2D eigenvalue weighted by Gasteiger charge is -2.00. The third-order valence-corrected chi connectivity index (χ3v) is 3.81. The van der Waals surface area contributed by atoms with Crippen LogP contribution in [0, 0.1) is 0 Å². The van der Waals surface area contributed by atoms with Gasteiger partial charge in [-0.3, -0.25) is 4.79 Å². The van der Waals surface area contributed by atoms with Crippen LogP contribution in [0.25, 0.3) is 0 Å². The number of ketones is 1. The highest BCUT2D eigenvalue weighted by Crippen LogP contribution is 2.22. The largest absolute Gasteiger partial charge is 0.357 e. The molecule has 1 heterocycles. The van der Waals surface area contributed by atoms with Crippen molar-refractivity contribution in [2.75, 3.05) is 5.75 Å². The molecule has 0 aliphatic heterocycles. The van der Waals surface area contributed by atoms with E-state index in [-0.39, 0.29) is 5.78 Å². The first-order valence-electron chi connectivity index (χ1n) is 5.19. The van der Waals surface area contributed by atoms with Crippen molar-refractivity contribution in [2.24, 2.45) is 7.05 Å². The van der Waals surface area contributed by atoms with E-state index in [4.69, 9.17) is 0 Å². The van der Waals surface area contributed by atoms with Gasteiger partial charge in [0.25, 0.3) is 0 Å². The summed E-state index contributed by atoms with van der Waals surface area (Å²) in [6.45, 7) is 0. The van der Waals surface area contributed by atoms with Crippen LogP contribution in [0.1, 0.15) is 10.4 Å². The van der Waals surface area contributed by atoms with E-state index >= 15 is 0 Å². The van der Waals surface area contributed by atoms with Crippen molar-refractivity contribution in [2.45, 2.75) is 4.90 Å². The Morgan fingerprint density at radius 2 is 2.24 bits per heavy atom. The van der Waals surface area contributed by atoms with Gasteiger partial charge in [-0.15, -0.1) is 11.8 Å². The summed E-state index contributed by atoms with van der Waals surface area (Å²) in [5.41, 5.74) is 0.773. The van der Waals surface area contributed by atoms with Crippen molar-refractivity contribution < 1.29 is 4.79 Å². The Balaban J connectivity index is 1.97. The standard InChI is InChI=1S/C13H12BrNOS/c1-15-6-5-10(8-15)13(16)9-17-12-4-2-3-11(14)7-12/h2-8H,9H2,1H3. The maximum Gasteiger partial charge on any atom is 0.174 e. The predicted octanol–water partition coefficient (Wildman–Crippen LogP) is 3.76. The minimum Gasteiger partial charge on any atom is -0.357 e. The minimum absolute atomic E-state index is 0.163. The molecule has 0 radical (unpaired) electrons. The summed E-state index contributed by atoms with van der Waals surface area (Å²) in [6, 6.07) is 9.82. The van der Waals surface area contributed by atoms with E-state index in [1.54, 1.807) is 11.8 Å². The molecule has 0 unspecified atom stereocenters. The van der Waals surface area contributed by atoms with Gasteiger partial charge in [0, 0.05) is 34.4 Å². The Morgan fingerprint density at radius 1 is 1.41 bits per heavy atom. The molecule has 0 aliphatic rings. The van der Waals surface area contributed by atoms with Gasteiger partial charge >= 0.3 is 0 Å². The van der Waals surface area contributed by atoms with E-state index in [1.807, 2.05) is 54.3 Å². The van der Waals surface area contributed by atoms with Gasteiger partial charge in [0.05, 0.1) is 5.75 Å².